The van der Waals surface area contributed by atoms with Crippen LogP contribution in [0.3, 0.4) is 0 Å². The molecule has 290 valence electrons. The Balaban J connectivity index is 0. The van der Waals surface area contributed by atoms with Crippen molar-refractivity contribution in [1.29, 1.82) is 0 Å². The predicted octanol–water partition coefficient (Wildman–Crippen LogP) is 3.60. The van der Waals surface area contributed by atoms with Gasteiger partial charge in [0.15, 0.2) is 6.67 Å². The third-order valence-corrected chi connectivity index (χ3v) is 11.8. The van der Waals surface area contributed by atoms with E-state index in [-0.39, 0.29) is 38.9 Å². The smallest absolute Gasteiger partial charge is 0.389 e. The van der Waals surface area contributed by atoms with E-state index in [4.69, 9.17) is 31.3 Å². The van der Waals surface area contributed by atoms with Gasteiger partial charge in [0.2, 0.25) is 0 Å². The number of ether oxygens (including phenoxy) is 2. The zero-order valence-corrected chi connectivity index (χ0v) is 29.1. The average Bonchev–Trinajstić information content (AvgIpc) is 3.00. The lowest BCUT2D eigenvalue weighted by molar-refractivity contribution is -0.432. The number of halogens is 11. The number of hydrogen-bond acceptors (Lipinski definition) is 11. The molecule has 0 saturated carbocycles. The van der Waals surface area contributed by atoms with Crippen LogP contribution in [0.25, 0.3) is 0 Å². The molecule has 0 radical (unpaired) electrons. The van der Waals surface area contributed by atoms with Gasteiger partial charge < -0.3 is 41.7 Å². The van der Waals surface area contributed by atoms with E-state index in [1.54, 1.807) is 0 Å². The topological polar surface area (TPSA) is 126 Å². The van der Waals surface area contributed by atoms with Crippen molar-refractivity contribution < 1.29 is 94.2 Å². The number of aliphatic hydroxyl groups is 1. The van der Waals surface area contributed by atoms with Crippen LogP contribution in [-0.4, -0.2) is 153 Å². The highest BCUT2D eigenvalue weighted by atomic mass is 28.4. The second-order valence-corrected chi connectivity index (χ2v) is 15.7. The Morgan fingerprint density at radius 3 is 1.58 bits per heavy atom. The Kier molecular flexibility index (Phi) is 22.9. The van der Waals surface area contributed by atoms with Crippen LogP contribution in [0.1, 0.15) is 12.8 Å². The summed E-state index contributed by atoms with van der Waals surface area (Å²) in [5.41, 5.74) is 0. The van der Waals surface area contributed by atoms with E-state index in [9.17, 15) is 58.2 Å². The molecule has 0 aromatic carbocycles. The summed E-state index contributed by atoms with van der Waals surface area (Å²) in [6, 6.07) is 0.728. The first-order valence-electron chi connectivity index (χ1n) is 13.7. The Labute approximate surface area is 272 Å². The highest BCUT2D eigenvalue weighted by Gasteiger charge is 2.68. The molecule has 1 amide bonds. The van der Waals surface area contributed by atoms with Crippen LogP contribution in [0.4, 0.5) is 48.3 Å². The Bertz CT molecular complexity index is 856. The van der Waals surface area contributed by atoms with Crippen LogP contribution >= 0.6 is 0 Å². The van der Waals surface area contributed by atoms with Gasteiger partial charge in [0.1, 0.15) is 0 Å². The summed E-state index contributed by atoms with van der Waals surface area (Å²) < 4.78 is 172. The summed E-state index contributed by atoms with van der Waals surface area (Å²) >= 11 is 0. The Hall–Kier alpha value is -1.27. The van der Waals surface area contributed by atoms with Crippen LogP contribution in [-0.2, 0) is 40.8 Å². The molecule has 0 heterocycles. The maximum Gasteiger partial charge on any atom is 0.525 e. The lowest BCUT2D eigenvalue weighted by Gasteiger charge is -2.29. The molecule has 48 heavy (non-hydrogen) atoms. The number of amides is 1. The molecule has 2 N–H and O–H groups in total. The molecule has 2 atom stereocenters. The van der Waals surface area contributed by atoms with Gasteiger partial charge in [-0.25, -0.2) is 9.13 Å². The van der Waals surface area contributed by atoms with Crippen LogP contribution < -0.4 is 5.32 Å². The largest absolute Gasteiger partial charge is 0.525 e. The SMILES string of the molecule is CO[Si](CCCOCC(O)CN(CCC[Si](OC)(OC)OC)CCNC(=O)C(F)(OC(F)(F)F)C(F)(F)F)(OC)OC.FCC(F)(F)F. The summed E-state index contributed by atoms with van der Waals surface area (Å²) in [7, 11) is 2.73. The summed E-state index contributed by atoms with van der Waals surface area (Å²) in [6.07, 6.45) is -17.3. The van der Waals surface area contributed by atoms with Gasteiger partial charge in [-0.2, -0.15) is 30.7 Å². The highest BCUT2D eigenvalue weighted by molar-refractivity contribution is 6.60. The summed E-state index contributed by atoms with van der Waals surface area (Å²) in [5, 5.41) is 11.9. The fourth-order valence-electron chi connectivity index (χ4n) is 3.72. The van der Waals surface area contributed by atoms with Gasteiger partial charge in [0.05, 0.1) is 12.7 Å². The molecule has 25 heteroatoms. The van der Waals surface area contributed by atoms with E-state index in [2.05, 4.69) is 4.74 Å². The van der Waals surface area contributed by atoms with Gasteiger partial charge in [0, 0.05) is 81.0 Å². The van der Waals surface area contributed by atoms with E-state index in [0.717, 1.165) is 0 Å². The first kappa shape index (κ1) is 48.8. The molecule has 0 aliphatic rings. The third kappa shape index (κ3) is 19.2. The number of rotatable bonds is 23. The summed E-state index contributed by atoms with van der Waals surface area (Å²) in [6.45, 7) is -3.14. The quantitative estimate of drug-likeness (QED) is 0.0900. The van der Waals surface area contributed by atoms with Crippen LogP contribution in [0.15, 0.2) is 0 Å². The third-order valence-electron chi connectivity index (χ3n) is 6.15. The number of aliphatic hydroxyl groups excluding tert-OH is 1. The zero-order valence-electron chi connectivity index (χ0n) is 27.1. The number of nitrogens with one attached hydrogen (secondary N) is 1. The maximum absolute atomic E-state index is 14.1. The molecule has 0 saturated heterocycles. The molecule has 0 rings (SSSR count). The van der Waals surface area contributed by atoms with Gasteiger partial charge >= 0.3 is 42.2 Å². The Morgan fingerprint density at radius 2 is 1.21 bits per heavy atom. The Morgan fingerprint density at radius 1 is 0.771 bits per heavy atom. The van der Waals surface area contributed by atoms with E-state index >= 15 is 0 Å². The van der Waals surface area contributed by atoms with Crippen LogP contribution in [0.2, 0.25) is 12.1 Å². The molecule has 0 bridgehead atoms. The van der Waals surface area contributed by atoms with Crippen molar-refractivity contribution in [2.45, 2.75) is 55.6 Å². The van der Waals surface area contributed by atoms with E-state index in [1.807, 2.05) is 0 Å². The number of nitrogens with zero attached hydrogens (tertiary/aromatic N) is 1. The van der Waals surface area contributed by atoms with Gasteiger partial charge in [-0.05, 0) is 19.4 Å². The minimum absolute atomic E-state index is 0.122. The van der Waals surface area contributed by atoms with Gasteiger partial charge in [0.25, 0.3) is 5.91 Å². The van der Waals surface area contributed by atoms with Crippen molar-refractivity contribution in [3.05, 3.63) is 0 Å². The lowest BCUT2D eigenvalue weighted by Crippen LogP contribution is -2.58. The average molecular weight is 773 g/mol. The fraction of sp³-hybridized carbons (Fsp3) is 0.957. The molecular formula is C23H43F11N2O10Si2. The van der Waals surface area contributed by atoms with Gasteiger partial charge in [-0.3, -0.25) is 9.69 Å². The van der Waals surface area contributed by atoms with Gasteiger partial charge in [-0.15, -0.1) is 13.2 Å². The number of carbonyl (C=O) groups is 1. The number of hydrogen-bond donors (Lipinski definition) is 2. The highest BCUT2D eigenvalue weighted by Crippen LogP contribution is 2.40. The monoisotopic (exact) mass is 772 g/mol. The normalized spacial score (nSPS) is 15.1. The standard InChI is InChI=1S/C21H41F7N2O10Si2.C2H2F4/c1-33-41(34-2,35-3)13-7-10-30(15-17(31)16-39-12-8-14-42(36-4,37-5)38-6)11-9-29-18(32)19(22,20(23,24)25)40-21(26,27)28;3-1-2(4,5)6/h17,31H,7-16H2,1-6H3,(H,29,32);1H2. The van der Waals surface area contributed by atoms with E-state index in [1.165, 1.54) is 52.9 Å². The van der Waals surface area contributed by atoms with E-state index < -0.39 is 67.4 Å². The van der Waals surface area contributed by atoms with Crippen molar-refractivity contribution >= 4 is 23.5 Å². The first-order valence-corrected chi connectivity index (χ1v) is 17.6. The zero-order chi connectivity index (χ0) is 37.9. The van der Waals surface area contributed by atoms with Crippen molar-refractivity contribution in [2.24, 2.45) is 0 Å². The van der Waals surface area contributed by atoms with Crippen molar-refractivity contribution in [3.8, 4) is 0 Å². The molecule has 0 aliphatic heterocycles. The molecule has 0 aromatic rings. The molecule has 0 aliphatic carbocycles. The minimum atomic E-state index is -6.31. The second-order valence-electron chi connectivity index (χ2n) is 9.47. The number of alkyl halides is 11. The second kappa shape index (κ2) is 22.5. The number of carbonyl (C=O) groups excluding carboxylic acids is 1. The van der Waals surface area contributed by atoms with Crippen molar-refractivity contribution in [3.63, 3.8) is 0 Å². The van der Waals surface area contributed by atoms with Crippen LogP contribution in [0.5, 0.6) is 0 Å². The summed E-state index contributed by atoms with van der Waals surface area (Å²) in [4.78, 5) is 13.3. The minimum Gasteiger partial charge on any atom is -0.389 e. The fourth-order valence-corrected chi connectivity index (χ4v) is 7.11. The molecular weight excluding hydrogens is 729 g/mol. The predicted molar refractivity (Wildman–Crippen MR) is 148 cm³/mol. The summed E-state index contributed by atoms with van der Waals surface area (Å²) in [5.74, 6) is -8.33. The molecule has 0 aromatic heterocycles. The lowest BCUT2D eigenvalue weighted by atomic mass is 10.2. The molecule has 12 nitrogen and oxygen atoms in total. The molecule has 0 fully saturated rings. The van der Waals surface area contributed by atoms with Crippen molar-refractivity contribution in [2.75, 3.05) is 88.7 Å². The van der Waals surface area contributed by atoms with Gasteiger partial charge in [-0.1, -0.05) is 0 Å². The molecule has 2 unspecified atom stereocenters. The van der Waals surface area contributed by atoms with Crippen LogP contribution in [0, 0.1) is 0 Å². The van der Waals surface area contributed by atoms with E-state index in [0.29, 0.717) is 18.9 Å². The molecule has 0 spiro atoms. The van der Waals surface area contributed by atoms with Crippen molar-refractivity contribution in [1.82, 2.24) is 10.2 Å². The maximum atomic E-state index is 14.1. The first-order chi connectivity index (χ1) is 22.0.